The van der Waals surface area contributed by atoms with E-state index >= 15 is 0 Å². The molecule has 0 saturated carbocycles. The normalized spacial score (nSPS) is 10.1. The number of rotatable bonds is 7. The van der Waals surface area contributed by atoms with Crippen LogP contribution in [0.3, 0.4) is 0 Å². The van der Waals surface area contributed by atoms with Crippen molar-refractivity contribution in [3.8, 4) is 5.75 Å². The molecule has 0 atom stereocenters. The summed E-state index contributed by atoms with van der Waals surface area (Å²) in [5.74, 6) is -0.0711. The van der Waals surface area contributed by atoms with Crippen LogP contribution in [0.2, 0.25) is 0 Å². The first-order valence-electron chi connectivity index (χ1n) is 7.44. The zero-order valence-corrected chi connectivity index (χ0v) is 15.4. The summed E-state index contributed by atoms with van der Waals surface area (Å²) in [6.07, 6.45) is 0. The standard InChI is InChI=1S/C18H18INO4/c1-13-6-8-14(9-7-13)23-10-11-24-17(21)12-20-18(22)15-4-2-3-5-16(15)19/h2-9H,10-12H2,1H3,(H,20,22). The van der Waals surface area contributed by atoms with Crippen LogP contribution in [0.15, 0.2) is 48.5 Å². The molecule has 0 aliphatic carbocycles. The Balaban J connectivity index is 1.65. The van der Waals surface area contributed by atoms with Gasteiger partial charge in [0.1, 0.15) is 25.5 Å². The van der Waals surface area contributed by atoms with Crippen LogP contribution >= 0.6 is 22.6 Å². The molecule has 1 amide bonds. The first kappa shape index (κ1) is 18.3. The van der Waals surface area contributed by atoms with Crippen molar-refractivity contribution in [2.75, 3.05) is 19.8 Å². The Morgan fingerprint density at radius 2 is 1.75 bits per heavy atom. The van der Waals surface area contributed by atoms with Gasteiger partial charge in [0.25, 0.3) is 5.91 Å². The summed E-state index contributed by atoms with van der Waals surface area (Å²) in [6.45, 7) is 2.22. The van der Waals surface area contributed by atoms with Gasteiger partial charge in [-0.3, -0.25) is 9.59 Å². The number of carbonyl (C=O) groups excluding carboxylic acids is 2. The van der Waals surface area contributed by atoms with Gasteiger partial charge in [-0.15, -0.1) is 0 Å². The van der Waals surface area contributed by atoms with Crippen LogP contribution in [-0.4, -0.2) is 31.6 Å². The number of nitrogens with one attached hydrogen (secondary N) is 1. The first-order valence-corrected chi connectivity index (χ1v) is 8.52. The fourth-order valence-electron chi connectivity index (χ4n) is 1.89. The highest BCUT2D eigenvalue weighted by Crippen LogP contribution is 2.11. The molecule has 0 heterocycles. The highest BCUT2D eigenvalue weighted by Gasteiger charge is 2.11. The van der Waals surface area contributed by atoms with Crippen LogP contribution in [0.1, 0.15) is 15.9 Å². The SMILES string of the molecule is Cc1ccc(OCCOC(=O)CNC(=O)c2ccccc2I)cc1. The number of hydrogen-bond donors (Lipinski definition) is 1. The van der Waals surface area contributed by atoms with E-state index in [4.69, 9.17) is 9.47 Å². The monoisotopic (exact) mass is 439 g/mol. The van der Waals surface area contributed by atoms with Gasteiger partial charge < -0.3 is 14.8 Å². The fraction of sp³-hybridized carbons (Fsp3) is 0.222. The fourth-order valence-corrected chi connectivity index (χ4v) is 2.53. The molecule has 1 N–H and O–H groups in total. The molecule has 0 unspecified atom stereocenters. The molecule has 0 aliphatic rings. The highest BCUT2D eigenvalue weighted by molar-refractivity contribution is 14.1. The summed E-state index contributed by atoms with van der Waals surface area (Å²) < 4.78 is 11.3. The van der Waals surface area contributed by atoms with Gasteiger partial charge in [0, 0.05) is 3.57 Å². The zero-order valence-electron chi connectivity index (χ0n) is 13.3. The number of halogens is 1. The molecule has 0 fully saturated rings. The van der Waals surface area contributed by atoms with Crippen LogP contribution < -0.4 is 10.1 Å². The van der Waals surface area contributed by atoms with Crippen molar-refractivity contribution >= 4 is 34.5 Å². The second kappa shape index (κ2) is 9.27. The summed E-state index contributed by atoms with van der Waals surface area (Å²) in [6, 6.07) is 14.8. The third kappa shape index (κ3) is 5.84. The summed E-state index contributed by atoms with van der Waals surface area (Å²) in [5.41, 5.74) is 1.69. The van der Waals surface area contributed by atoms with Crippen molar-refractivity contribution in [3.05, 3.63) is 63.2 Å². The van der Waals surface area contributed by atoms with E-state index in [2.05, 4.69) is 27.9 Å². The van der Waals surface area contributed by atoms with E-state index in [-0.39, 0.29) is 25.7 Å². The molecule has 2 aromatic carbocycles. The Hall–Kier alpha value is -2.09. The van der Waals surface area contributed by atoms with Gasteiger partial charge in [0.2, 0.25) is 0 Å². The predicted molar refractivity (Wildman–Crippen MR) is 99.1 cm³/mol. The second-order valence-corrected chi connectivity index (χ2v) is 6.21. The molecule has 24 heavy (non-hydrogen) atoms. The van der Waals surface area contributed by atoms with Crippen LogP contribution in [0.4, 0.5) is 0 Å². The maximum absolute atomic E-state index is 12.0. The molecule has 126 valence electrons. The Morgan fingerprint density at radius 1 is 1.04 bits per heavy atom. The third-order valence-corrected chi connectivity index (χ3v) is 4.09. The van der Waals surface area contributed by atoms with Crippen molar-refractivity contribution < 1.29 is 19.1 Å². The Morgan fingerprint density at radius 3 is 2.46 bits per heavy atom. The van der Waals surface area contributed by atoms with Gasteiger partial charge in [-0.05, 0) is 53.8 Å². The van der Waals surface area contributed by atoms with E-state index in [0.717, 1.165) is 14.9 Å². The molecule has 6 heteroatoms. The molecular weight excluding hydrogens is 421 g/mol. The average molecular weight is 439 g/mol. The topological polar surface area (TPSA) is 64.6 Å². The van der Waals surface area contributed by atoms with E-state index in [1.54, 1.807) is 12.1 Å². The van der Waals surface area contributed by atoms with Crippen molar-refractivity contribution in [1.82, 2.24) is 5.32 Å². The summed E-state index contributed by atoms with van der Waals surface area (Å²) in [5, 5.41) is 2.55. The lowest BCUT2D eigenvalue weighted by atomic mass is 10.2. The largest absolute Gasteiger partial charge is 0.490 e. The van der Waals surface area contributed by atoms with Crippen LogP contribution in [0, 0.1) is 10.5 Å². The van der Waals surface area contributed by atoms with E-state index in [1.807, 2.05) is 43.3 Å². The van der Waals surface area contributed by atoms with Gasteiger partial charge in [-0.25, -0.2) is 0 Å². The van der Waals surface area contributed by atoms with Crippen LogP contribution in [-0.2, 0) is 9.53 Å². The van der Waals surface area contributed by atoms with Crippen molar-refractivity contribution in [1.29, 1.82) is 0 Å². The van der Waals surface area contributed by atoms with E-state index < -0.39 is 5.97 Å². The minimum atomic E-state index is -0.498. The minimum absolute atomic E-state index is 0.130. The van der Waals surface area contributed by atoms with Crippen LogP contribution in [0.5, 0.6) is 5.75 Å². The Kier molecular flexibility index (Phi) is 7.05. The van der Waals surface area contributed by atoms with Crippen molar-refractivity contribution in [3.63, 3.8) is 0 Å². The molecular formula is C18H18INO4. The molecule has 0 saturated heterocycles. The third-order valence-electron chi connectivity index (χ3n) is 3.15. The smallest absolute Gasteiger partial charge is 0.325 e. The summed E-state index contributed by atoms with van der Waals surface area (Å²) in [4.78, 5) is 23.6. The maximum atomic E-state index is 12.0. The quantitative estimate of drug-likeness (QED) is 0.410. The lowest BCUT2D eigenvalue weighted by Crippen LogP contribution is -2.31. The number of carbonyl (C=O) groups is 2. The van der Waals surface area contributed by atoms with Gasteiger partial charge in [0.15, 0.2) is 0 Å². The number of benzene rings is 2. The summed E-state index contributed by atoms with van der Waals surface area (Å²) in [7, 11) is 0. The highest BCUT2D eigenvalue weighted by atomic mass is 127. The van der Waals surface area contributed by atoms with E-state index in [0.29, 0.717) is 5.56 Å². The molecule has 0 spiro atoms. The molecule has 0 aliphatic heterocycles. The minimum Gasteiger partial charge on any atom is -0.490 e. The zero-order chi connectivity index (χ0) is 17.4. The second-order valence-electron chi connectivity index (χ2n) is 5.04. The van der Waals surface area contributed by atoms with Crippen LogP contribution in [0.25, 0.3) is 0 Å². The lowest BCUT2D eigenvalue weighted by Gasteiger charge is -2.09. The molecule has 5 nitrogen and oxygen atoms in total. The van der Waals surface area contributed by atoms with Crippen molar-refractivity contribution in [2.45, 2.75) is 6.92 Å². The van der Waals surface area contributed by atoms with Gasteiger partial charge in [-0.2, -0.15) is 0 Å². The van der Waals surface area contributed by atoms with Crippen molar-refractivity contribution in [2.24, 2.45) is 0 Å². The molecule has 0 bridgehead atoms. The van der Waals surface area contributed by atoms with Gasteiger partial charge in [-0.1, -0.05) is 29.8 Å². The number of amides is 1. The summed E-state index contributed by atoms with van der Waals surface area (Å²) >= 11 is 2.07. The average Bonchev–Trinajstić information content (AvgIpc) is 2.58. The lowest BCUT2D eigenvalue weighted by molar-refractivity contribution is -0.143. The number of esters is 1. The predicted octanol–water partition coefficient (Wildman–Crippen LogP) is 2.95. The van der Waals surface area contributed by atoms with Gasteiger partial charge >= 0.3 is 5.97 Å². The first-order chi connectivity index (χ1) is 11.6. The molecule has 2 aromatic rings. The van der Waals surface area contributed by atoms with Gasteiger partial charge in [0.05, 0.1) is 5.56 Å². The molecule has 0 aromatic heterocycles. The number of aryl methyl sites for hydroxylation is 1. The maximum Gasteiger partial charge on any atom is 0.325 e. The Bertz CT molecular complexity index is 700. The number of ether oxygens (including phenoxy) is 2. The molecule has 2 rings (SSSR count). The van der Waals surface area contributed by atoms with E-state index in [9.17, 15) is 9.59 Å². The number of hydrogen-bond acceptors (Lipinski definition) is 4. The Labute approximate surface area is 154 Å². The van der Waals surface area contributed by atoms with E-state index in [1.165, 1.54) is 0 Å². The molecule has 0 radical (unpaired) electrons.